The van der Waals surface area contributed by atoms with E-state index in [2.05, 4.69) is 33.8 Å². The number of carbonyl (C=O) groups excluding carboxylic acids is 1. The number of Topliss-reactive ketones (excluding diaryl/α,β-unsaturated/α-hetero) is 1. The van der Waals surface area contributed by atoms with Gasteiger partial charge in [0.2, 0.25) is 0 Å². The fraction of sp³-hybridized carbons (Fsp3) is 0.696. The zero-order chi connectivity index (χ0) is 18.9. The van der Waals surface area contributed by atoms with Crippen LogP contribution >= 0.6 is 0 Å². The van der Waals surface area contributed by atoms with Crippen molar-refractivity contribution in [1.29, 1.82) is 0 Å². The van der Waals surface area contributed by atoms with E-state index >= 15 is 0 Å². The van der Waals surface area contributed by atoms with Crippen LogP contribution in [0.15, 0.2) is 12.1 Å². The van der Waals surface area contributed by atoms with E-state index in [1.54, 1.807) is 14.2 Å². The van der Waals surface area contributed by atoms with E-state index in [1.165, 1.54) is 11.1 Å². The van der Waals surface area contributed by atoms with Gasteiger partial charge in [0.25, 0.3) is 0 Å². The van der Waals surface area contributed by atoms with Gasteiger partial charge in [-0.3, -0.25) is 4.79 Å². The lowest BCUT2D eigenvalue weighted by Crippen LogP contribution is -2.57. The number of fused-ring (bicyclic) bond motifs is 5. The standard InChI is InChI=1S/C23H32O3/c1-21(2)17-7-9-23(4)18(22(17,3)10-8-19(21)24)12-14-11-15(25-5)13-16(26-6)20(14)23/h11,13,17-18H,7-10,12H2,1-6H3/t17?,18?,22-,23+/m0/s1. The van der Waals surface area contributed by atoms with E-state index in [1.807, 2.05) is 6.07 Å². The van der Waals surface area contributed by atoms with Gasteiger partial charge in [0.05, 0.1) is 14.2 Å². The molecule has 0 aromatic heterocycles. The molecule has 2 unspecified atom stereocenters. The molecule has 0 N–H and O–H groups in total. The van der Waals surface area contributed by atoms with E-state index in [9.17, 15) is 4.79 Å². The van der Waals surface area contributed by atoms with Crippen LogP contribution in [0.2, 0.25) is 0 Å². The molecule has 3 aliphatic rings. The summed E-state index contributed by atoms with van der Waals surface area (Å²) in [5.74, 6) is 3.33. The summed E-state index contributed by atoms with van der Waals surface area (Å²) in [6.45, 7) is 9.27. The molecule has 4 rings (SSSR count). The summed E-state index contributed by atoms with van der Waals surface area (Å²) < 4.78 is 11.3. The highest BCUT2D eigenvalue weighted by Gasteiger charge is 2.63. The SMILES string of the molecule is COc1cc2c(c(OC)c1)[C@]1(C)CCC3C(C)(C)C(=O)CC[C@]3(C)C1C2. The van der Waals surface area contributed by atoms with Crippen molar-refractivity contribution in [3.8, 4) is 11.5 Å². The summed E-state index contributed by atoms with van der Waals surface area (Å²) in [5.41, 5.74) is 2.88. The Morgan fingerprint density at radius 1 is 1.00 bits per heavy atom. The fourth-order valence-corrected chi connectivity index (χ4v) is 7.06. The Morgan fingerprint density at radius 2 is 1.73 bits per heavy atom. The summed E-state index contributed by atoms with van der Waals surface area (Å²) in [7, 11) is 3.49. The number of carbonyl (C=O) groups is 1. The third kappa shape index (κ3) is 2.09. The third-order valence-corrected chi connectivity index (χ3v) is 8.40. The van der Waals surface area contributed by atoms with Crippen molar-refractivity contribution < 1.29 is 14.3 Å². The van der Waals surface area contributed by atoms with Gasteiger partial charge in [-0.05, 0) is 54.6 Å². The van der Waals surface area contributed by atoms with Crippen LogP contribution in [0.25, 0.3) is 0 Å². The van der Waals surface area contributed by atoms with E-state index < -0.39 is 0 Å². The molecule has 0 bridgehead atoms. The van der Waals surface area contributed by atoms with E-state index in [4.69, 9.17) is 9.47 Å². The van der Waals surface area contributed by atoms with Gasteiger partial charge in [0, 0.05) is 28.9 Å². The molecule has 1 aromatic carbocycles. The van der Waals surface area contributed by atoms with Crippen LogP contribution in [-0.2, 0) is 16.6 Å². The average molecular weight is 357 g/mol. The summed E-state index contributed by atoms with van der Waals surface area (Å²) in [6, 6.07) is 4.24. The molecule has 3 heteroatoms. The topological polar surface area (TPSA) is 35.5 Å². The molecule has 1 aromatic rings. The molecule has 3 nitrogen and oxygen atoms in total. The van der Waals surface area contributed by atoms with Gasteiger partial charge in [-0.1, -0.05) is 27.7 Å². The van der Waals surface area contributed by atoms with Crippen molar-refractivity contribution in [3.63, 3.8) is 0 Å². The fourth-order valence-electron chi connectivity index (χ4n) is 7.06. The molecule has 0 aliphatic heterocycles. The van der Waals surface area contributed by atoms with Crippen LogP contribution in [0.1, 0.15) is 64.5 Å². The monoisotopic (exact) mass is 356 g/mol. The molecule has 0 amide bonds. The molecule has 3 aliphatic carbocycles. The van der Waals surface area contributed by atoms with Crippen molar-refractivity contribution in [2.24, 2.45) is 22.7 Å². The lowest BCUT2D eigenvalue weighted by Gasteiger charge is -2.60. The van der Waals surface area contributed by atoms with Crippen molar-refractivity contribution in [2.75, 3.05) is 14.2 Å². The molecule has 0 saturated heterocycles. The molecule has 26 heavy (non-hydrogen) atoms. The van der Waals surface area contributed by atoms with Crippen LogP contribution in [0.3, 0.4) is 0 Å². The second kappa shape index (κ2) is 5.50. The molecule has 0 spiro atoms. The van der Waals surface area contributed by atoms with Crippen molar-refractivity contribution in [3.05, 3.63) is 23.3 Å². The Morgan fingerprint density at radius 3 is 2.38 bits per heavy atom. The molecule has 4 atom stereocenters. The van der Waals surface area contributed by atoms with Gasteiger partial charge in [-0.2, -0.15) is 0 Å². The lowest BCUT2D eigenvalue weighted by molar-refractivity contribution is -0.151. The Labute approximate surface area is 157 Å². The smallest absolute Gasteiger partial charge is 0.138 e. The first kappa shape index (κ1) is 17.9. The summed E-state index contributed by atoms with van der Waals surface area (Å²) in [6.07, 6.45) is 5.06. The van der Waals surface area contributed by atoms with Crippen LogP contribution in [0, 0.1) is 22.7 Å². The summed E-state index contributed by atoms with van der Waals surface area (Å²) >= 11 is 0. The second-order valence-corrected chi connectivity index (χ2v) is 9.78. The van der Waals surface area contributed by atoms with Gasteiger partial charge in [0.1, 0.15) is 17.3 Å². The van der Waals surface area contributed by atoms with Gasteiger partial charge in [0.15, 0.2) is 0 Å². The maximum Gasteiger partial charge on any atom is 0.138 e. The minimum atomic E-state index is -0.203. The largest absolute Gasteiger partial charge is 0.497 e. The first-order chi connectivity index (χ1) is 12.2. The van der Waals surface area contributed by atoms with Crippen molar-refractivity contribution >= 4 is 5.78 Å². The van der Waals surface area contributed by atoms with Gasteiger partial charge in [-0.15, -0.1) is 0 Å². The van der Waals surface area contributed by atoms with E-state index in [-0.39, 0.29) is 16.2 Å². The van der Waals surface area contributed by atoms with E-state index in [0.29, 0.717) is 17.6 Å². The molecule has 2 fully saturated rings. The van der Waals surface area contributed by atoms with Crippen molar-refractivity contribution in [1.82, 2.24) is 0 Å². The number of ether oxygens (including phenoxy) is 2. The zero-order valence-corrected chi connectivity index (χ0v) is 17.1. The Balaban J connectivity index is 1.84. The number of benzene rings is 1. The van der Waals surface area contributed by atoms with Crippen molar-refractivity contribution in [2.45, 2.75) is 65.2 Å². The normalized spacial score (nSPS) is 37.5. The predicted octanol–water partition coefficient (Wildman–Crippen LogP) is 4.94. The number of methoxy groups -OCH3 is 2. The maximum absolute atomic E-state index is 12.7. The first-order valence-corrected chi connectivity index (χ1v) is 9.97. The minimum absolute atomic E-state index is 0.120. The Bertz CT molecular complexity index is 765. The predicted molar refractivity (Wildman–Crippen MR) is 103 cm³/mol. The maximum atomic E-state index is 12.7. The third-order valence-electron chi connectivity index (χ3n) is 8.40. The number of hydrogen-bond acceptors (Lipinski definition) is 3. The second-order valence-electron chi connectivity index (χ2n) is 9.78. The zero-order valence-electron chi connectivity index (χ0n) is 17.1. The number of hydrogen-bond donors (Lipinski definition) is 0. The highest BCUT2D eigenvalue weighted by molar-refractivity contribution is 5.85. The van der Waals surface area contributed by atoms with Gasteiger partial charge >= 0.3 is 0 Å². The van der Waals surface area contributed by atoms with Gasteiger partial charge < -0.3 is 9.47 Å². The minimum Gasteiger partial charge on any atom is -0.497 e. The average Bonchev–Trinajstić information content (AvgIpc) is 2.92. The molecule has 0 radical (unpaired) electrons. The summed E-state index contributed by atoms with van der Waals surface area (Å²) in [5, 5.41) is 0. The molecular weight excluding hydrogens is 324 g/mol. The summed E-state index contributed by atoms with van der Waals surface area (Å²) in [4.78, 5) is 12.7. The van der Waals surface area contributed by atoms with Crippen LogP contribution in [0.5, 0.6) is 11.5 Å². The van der Waals surface area contributed by atoms with E-state index in [0.717, 1.165) is 43.6 Å². The number of rotatable bonds is 2. The lowest BCUT2D eigenvalue weighted by atomic mass is 9.43. The first-order valence-electron chi connectivity index (χ1n) is 9.97. The molecule has 0 heterocycles. The van der Waals surface area contributed by atoms with Crippen LogP contribution < -0.4 is 9.47 Å². The Kier molecular flexibility index (Phi) is 3.78. The molecule has 2 saturated carbocycles. The van der Waals surface area contributed by atoms with Gasteiger partial charge in [-0.25, -0.2) is 0 Å². The molecule has 142 valence electrons. The number of ketones is 1. The van der Waals surface area contributed by atoms with Crippen LogP contribution in [0.4, 0.5) is 0 Å². The quantitative estimate of drug-likeness (QED) is 0.753. The molecular formula is C23H32O3. The highest BCUT2D eigenvalue weighted by Crippen LogP contribution is 2.68. The Hall–Kier alpha value is -1.51. The van der Waals surface area contributed by atoms with Crippen LogP contribution in [-0.4, -0.2) is 20.0 Å². The highest BCUT2D eigenvalue weighted by atomic mass is 16.5.